The third kappa shape index (κ3) is 6.49. The Labute approximate surface area is 119 Å². The van der Waals surface area contributed by atoms with Crippen LogP contribution in [-0.2, 0) is 9.53 Å². The Bertz CT molecular complexity index is 270. The van der Waals surface area contributed by atoms with Crippen molar-refractivity contribution in [1.29, 1.82) is 0 Å². The number of hydrogen-bond donors (Lipinski definition) is 1. The van der Waals surface area contributed by atoms with Gasteiger partial charge in [-0.05, 0) is 18.8 Å². The molecule has 7 heteroatoms. The van der Waals surface area contributed by atoms with E-state index >= 15 is 0 Å². The molecule has 0 aromatic carbocycles. The molecule has 1 amide bonds. The van der Waals surface area contributed by atoms with Gasteiger partial charge < -0.3 is 15.4 Å². The lowest BCUT2D eigenvalue weighted by Gasteiger charge is -2.38. The molecule has 2 N–H and O–H groups in total. The predicted molar refractivity (Wildman–Crippen MR) is 71.6 cm³/mol. The maximum atomic E-state index is 11.9. The molecule has 114 valence electrons. The van der Waals surface area contributed by atoms with Crippen molar-refractivity contribution in [1.82, 2.24) is 4.90 Å². The van der Waals surface area contributed by atoms with Gasteiger partial charge in [-0.1, -0.05) is 6.92 Å². The molecule has 1 aliphatic rings. The average molecular weight is 301 g/mol. The van der Waals surface area contributed by atoms with Crippen LogP contribution in [0.2, 0.25) is 0 Å². The minimum absolute atomic E-state index is 0. The van der Waals surface area contributed by atoms with E-state index < -0.39 is 13.0 Å². The van der Waals surface area contributed by atoms with Crippen LogP contribution in [-0.4, -0.2) is 49.6 Å². The molecule has 1 heterocycles. The summed E-state index contributed by atoms with van der Waals surface area (Å²) in [5, 5.41) is 0. The smallest absolute Gasteiger partial charge is 0.261 e. The number of halogens is 3. The van der Waals surface area contributed by atoms with Crippen LogP contribution in [0, 0.1) is 5.92 Å². The molecule has 19 heavy (non-hydrogen) atoms. The molecule has 0 aromatic heterocycles. The summed E-state index contributed by atoms with van der Waals surface area (Å²) in [5.74, 6) is 0.532. The van der Waals surface area contributed by atoms with Gasteiger partial charge in [0.15, 0.2) is 0 Å². The molecular weight excluding hydrogens is 278 g/mol. The van der Waals surface area contributed by atoms with Gasteiger partial charge in [0, 0.05) is 19.1 Å². The highest BCUT2D eigenvalue weighted by Crippen LogP contribution is 2.22. The average Bonchev–Trinajstić information content (AvgIpc) is 2.33. The topological polar surface area (TPSA) is 55.6 Å². The molecule has 1 fully saturated rings. The van der Waals surface area contributed by atoms with Gasteiger partial charge in [0.1, 0.15) is 6.61 Å². The molecular formula is C12H23ClF2N2O2. The van der Waals surface area contributed by atoms with Crippen LogP contribution in [0.15, 0.2) is 0 Å². The lowest BCUT2D eigenvalue weighted by Crippen LogP contribution is -2.49. The highest BCUT2D eigenvalue weighted by atomic mass is 35.5. The number of likely N-dealkylation sites (tertiary alicyclic amines) is 1. The van der Waals surface area contributed by atoms with Gasteiger partial charge in [-0.2, -0.15) is 0 Å². The van der Waals surface area contributed by atoms with Crippen LogP contribution < -0.4 is 5.73 Å². The van der Waals surface area contributed by atoms with Crippen LogP contribution >= 0.6 is 12.4 Å². The van der Waals surface area contributed by atoms with Crippen LogP contribution in [0.1, 0.15) is 26.2 Å². The zero-order valence-corrected chi connectivity index (χ0v) is 12.0. The van der Waals surface area contributed by atoms with Crippen molar-refractivity contribution in [2.24, 2.45) is 11.7 Å². The molecule has 0 spiro atoms. The second-order valence-electron chi connectivity index (χ2n) is 4.82. The molecule has 1 aliphatic heterocycles. The summed E-state index contributed by atoms with van der Waals surface area (Å²) in [5.41, 5.74) is 5.66. The maximum absolute atomic E-state index is 11.9. The quantitative estimate of drug-likeness (QED) is 0.759. The first kappa shape index (κ1) is 18.5. The first-order valence-electron chi connectivity index (χ1n) is 6.40. The highest BCUT2D eigenvalue weighted by Gasteiger charge is 2.28. The molecule has 2 atom stereocenters. The second kappa shape index (κ2) is 9.44. The number of carbonyl (C=O) groups excluding carboxylic acids is 1. The number of amides is 1. The highest BCUT2D eigenvalue weighted by molar-refractivity contribution is 5.85. The summed E-state index contributed by atoms with van der Waals surface area (Å²) in [4.78, 5) is 13.7. The van der Waals surface area contributed by atoms with Crippen LogP contribution in [0.5, 0.6) is 0 Å². The number of piperidine rings is 1. The SMILES string of the molecule is CC1CCN(C(=O)CCOCC(F)F)C(CN)C1.Cl. The normalized spacial score (nSPS) is 23.3. The van der Waals surface area contributed by atoms with E-state index in [0.29, 0.717) is 19.0 Å². The number of alkyl halides is 2. The molecule has 0 saturated carbocycles. The fourth-order valence-corrected chi connectivity index (χ4v) is 2.28. The van der Waals surface area contributed by atoms with Crippen molar-refractivity contribution in [3.8, 4) is 0 Å². The number of carbonyl (C=O) groups is 1. The number of nitrogens with zero attached hydrogens (tertiary/aromatic N) is 1. The van der Waals surface area contributed by atoms with Gasteiger partial charge in [-0.25, -0.2) is 8.78 Å². The van der Waals surface area contributed by atoms with Crippen molar-refractivity contribution in [3.05, 3.63) is 0 Å². The van der Waals surface area contributed by atoms with Crippen LogP contribution in [0.25, 0.3) is 0 Å². The molecule has 1 saturated heterocycles. The Kier molecular flexibility index (Phi) is 9.22. The summed E-state index contributed by atoms with van der Waals surface area (Å²) in [6.45, 7) is 2.75. The third-order valence-corrected chi connectivity index (χ3v) is 3.27. The van der Waals surface area contributed by atoms with Crippen molar-refractivity contribution >= 4 is 18.3 Å². The summed E-state index contributed by atoms with van der Waals surface area (Å²) < 4.78 is 28.4. The van der Waals surface area contributed by atoms with Gasteiger partial charge in [0.2, 0.25) is 5.91 Å². The summed E-state index contributed by atoms with van der Waals surface area (Å²) in [6.07, 6.45) is -0.439. The Morgan fingerprint density at radius 1 is 1.53 bits per heavy atom. The third-order valence-electron chi connectivity index (χ3n) is 3.27. The summed E-state index contributed by atoms with van der Waals surface area (Å²) in [6, 6.07) is 0.0800. The Hall–Kier alpha value is -0.460. The van der Waals surface area contributed by atoms with Gasteiger partial charge in [-0.3, -0.25) is 4.79 Å². The molecule has 0 bridgehead atoms. The number of hydrogen-bond acceptors (Lipinski definition) is 3. The zero-order valence-electron chi connectivity index (χ0n) is 11.2. The number of rotatable bonds is 6. The first-order valence-corrected chi connectivity index (χ1v) is 6.40. The van der Waals surface area contributed by atoms with Crippen molar-refractivity contribution in [2.75, 3.05) is 26.3 Å². The maximum Gasteiger partial charge on any atom is 0.261 e. The Morgan fingerprint density at radius 3 is 2.79 bits per heavy atom. The number of ether oxygens (including phenoxy) is 1. The van der Waals surface area contributed by atoms with Gasteiger partial charge in [0.05, 0.1) is 13.0 Å². The Morgan fingerprint density at radius 2 is 2.21 bits per heavy atom. The van der Waals surface area contributed by atoms with Crippen molar-refractivity contribution < 1.29 is 18.3 Å². The van der Waals surface area contributed by atoms with E-state index in [1.54, 1.807) is 4.90 Å². The van der Waals surface area contributed by atoms with E-state index in [0.717, 1.165) is 12.8 Å². The second-order valence-corrected chi connectivity index (χ2v) is 4.82. The zero-order chi connectivity index (χ0) is 13.5. The van der Waals surface area contributed by atoms with E-state index in [9.17, 15) is 13.6 Å². The van der Waals surface area contributed by atoms with Crippen molar-refractivity contribution in [3.63, 3.8) is 0 Å². The van der Waals surface area contributed by atoms with Crippen LogP contribution in [0.3, 0.4) is 0 Å². The van der Waals surface area contributed by atoms with Gasteiger partial charge >= 0.3 is 0 Å². The van der Waals surface area contributed by atoms with Gasteiger partial charge in [-0.15, -0.1) is 12.4 Å². The van der Waals surface area contributed by atoms with Crippen LogP contribution in [0.4, 0.5) is 8.78 Å². The standard InChI is InChI=1S/C12H22F2N2O2.ClH/c1-9-2-4-16(10(6-9)7-15)12(17)3-5-18-8-11(13)14;/h9-11H,2-8,15H2,1H3;1H. The van der Waals surface area contributed by atoms with E-state index in [2.05, 4.69) is 6.92 Å². The first-order chi connectivity index (χ1) is 8.54. The molecule has 4 nitrogen and oxygen atoms in total. The molecule has 1 rings (SSSR count). The lowest BCUT2D eigenvalue weighted by atomic mass is 9.92. The monoisotopic (exact) mass is 300 g/mol. The summed E-state index contributed by atoms with van der Waals surface area (Å²) in [7, 11) is 0. The predicted octanol–water partition coefficient (Wildman–Crippen LogP) is 1.67. The molecule has 0 radical (unpaired) electrons. The molecule has 2 unspecified atom stereocenters. The minimum Gasteiger partial charge on any atom is -0.375 e. The molecule has 0 aliphatic carbocycles. The van der Waals surface area contributed by atoms with Crippen molar-refractivity contribution in [2.45, 2.75) is 38.7 Å². The number of nitrogens with two attached hydrogens (primary N) is 1. The Balaban J connectivity index is 0.00000324. The lowest BCUT2D eigenvalue weighted by molar-refractivity contribution is -0.136. The fraction of sp³-hybridized carbons (Fsp3) is 0.917. The fourth-order valence-electron chi connectivity index (χ4n) is 2.28. The minimum atomic E-state index is -2.48. The van der Waals surface area contributed by atoms with E-state index in [-0.39, 0.29) is 37.4 Å². The van der Waals surface area contributed by atoms with E-state index in [4.69, 9.17) is 10.5 Å². The summed E-state index contributed by atoms with van der Waals surface area (Å²) >= 11 is 0. The van der Waals surface area contributed by atoms with E-state index in [1.807, 2.05) is 0 Å². The molecule has 0 aromatic rings. The largest absolute Gasteiger partial charge is 0.375 e. The van der Waals surface area contributed by atoms with E-state index in [1.165, 1.54) is 0 Å². The van der Waals surface area contributed by atoms with Gasteiger partial charge in [0.25, 0.3) is 6.43 Å².